The van der Waals surface area contributed by atoms with Gasteiger partial charge in [-0.15, -0.1) is 10.2 Å². The zero-order valence-corrected chi connectivity index (χ0v) is 13.6. The third-order valence-corrected chi connectivity index (χ3v) is 4.55. The number of carbonyl (C=O) groups excluding carboxylic acids is 1. The number of nitrogens with one attached hydrogen (secondary N) is 2. The quantitative estimate of drug-likeness (QED) is 0.757. The third-order valence-electron chi connectivity index (χ3n) is 2.53. The number of amides is 1. The lowest BCUT2D eigenvalue weighted by Gasteiger charge is -2.04. The SMILES string of the molecule is CCCNc1nnc(SCC(=O)Nc2cccc(C#N)c2)s1. The number of rotatable bonds is 7. The molecule has 1 amide bonds. The minimum atomic E-state index is -0.140. The van der Waals surface area contributed by atoms with Crippen LogP contribution in [0.15, 0.2) is 28.6 Å². The van der Waals surface area contributed by atoms with Crippen LogP contribution in [0.5, 0.6) is 0 Å². The van der Waals surface area contributed by atoms with E-state index >= 15 is 0 Å². The Morgan fingerprint density at radius 1 is 1.45 bits per heavy atom. The summed E-state index contributed by atoms with van der Waals surface area (Å²) < 4.78 is 0.750. The molecular formula is C14H15N5OS2. The first-order valence-corrected chi connectivity index (χ1v) is 8.51. The highest BCUT2D eigenvalue weighted by Gasteiger charge is 2.08. The van der Waals surface area contributed by atoms with Crippen molar-refractivity contribution in [2.45, 2.75) is 17.7 Å². The second-order valence-electron chi connectivity index (χ2n) is 4.33. The van der Waals surface area contributed by atoms with Crippen LogP contribution in [0.3, 0.4) is 0 Å². The Morgan fingerprint density at radius 2 is 2.32 bits per heavy atom. The molecule has 0 radical (unpaired) electrons. The van der Waals surface area contributed by atoms with E-state index < -0.39 is 0 Å². The molecule has 0 aliphatic heterocycles. The molecule has 6 nitrogen and oxygen atoms in total. The predicted octanol–water partition coefficient (Wildman–Crippen LogP) is 2.96. The molecule has 0 bridgehead atoms. The van der Waals surface area contributed by atoms with E-state index in [1.807, 2.05) is 6.07 Å². The summed E-state index contributed by atoms with van der Waals surface area (Å²) in [7, 11) is 0. The lowest BCUT2D eigenvalue weighted by Crippen LogP contribution is -2.13. The van der Waals surface area contributed by atoms with Gasteiger partial charge in [0.1, 0.15) is 0 Å². The second kappa shape index (κ2) is 8.36. The van der Waals surface area contributed by atoms with E-state index in [1.54, 1.807) is 24.3 Å². The van der Waals surface area contributed by atoms with Crippen LogP contribution in [0.1, 0.15) is 18.9 Å². The van der Waals surface area contributed by atoms with E-state index in [9.17, 15) is 4.79 Å². The second-order valence-corrected chi connectivity index (χ2v) is 6.53. The molecular weight excluding hydrogens is 318 g/mol. The fourth-order valence-corrected chi connectivity index (χ4v) is 3.14. The molecule has 2 N–H and O–H groups in total. The highest BCUT2D eigenvalue weighted by atomic mass is 32.2. The van der Waals surface area contributed by atoms with Crippen molar-refractivity contribution in [2.24, 2.45) is 0 Å². The van der Waals surface area contributed by atoms with Gasteiger partial charge in [0.15, 0.2) is 4.34 Å². The molecule has 0 saturated heterocycles. The van der Waals surface area contributed by atoms with Crippen molar-refractivity contribution < 1.29 is 4.79 Å². The Balaban J connectivity index is 1.82. The van der Waals surface area contributed by atoms with Gasteiger partial charge in [-0.05, 0) is 24.6 Å². The predicted molar refractivity (Wildman–Crippen MR) is 89.2 cm³/mol. The van der Waals surface area contributed by atoms with E-state index in [0.717, 1.165) is 22.4 Å². The van der Waals surface area contributed by atoms with Crippen LogP contribution in [0.4, 0.5) is 10.8 Å². The van der Waals surface area contributed by atoms with E-state index in [2.05, 4.69) is 27.8 Å². The van der Waals surface area contributed by atoms with Crippen LogP contribution in [0.25, 0.3) is 0 Å². The molecule has 0 aliphatic rings. The maximum absolute atomic E-state index is 11.9. The van der Waals surface area contributed by atoms with Crippen LogP contribution < -0.4 is 10.6 Å². The molecule has 0 saturated carbocycles. The topological polar surface area (TPSA) is 90.7 Å². The Labute approximate surface area is 137 Å². The van der Waals surface area contributed by atoms with Gasteiger partial charge in [-0.1, -0.05) is 36.1 Å². The molecule has 0 spiro atoms. The number of carbonyl (C=O) groups is 1. The molecule has 22 heavy (non-hydrogen) atoms. The molecule has 1 heterocycles. The van der Waals surface area contributed by atoms with Crippen LogP contribution in [-0.4, -0.2) is 28.4 Å². The number of nitriles is 1. The molecule has 114 valence electrons. The lowest BCUT2D eigenvalue weighted by atomic mass is 10.2. The highest BCUT2D eigenvalue weighted by Crippen LogP contribution is 2.25. The summed E-state index contributed by atoms with van der Waals surface area (Å²) in [5.41, 5.74) is 1.13. The van der Waals surface area contributed by atoms with Crippen molar-refractivity contribution >= 4 is 39.8 Å². The van der Waals surface area contributed by atoms with Gasteiger partial charge >= 0.3 is 0 Å². The summed E-state index contributed by atoms with van der Waals surface area (Å²) in [5.74, 6) is 0.109. The molecule has 8 heteroatoms. The number of nitrogens with zero attached hydrogens (tertiary/aromatic N) is 3. The number of thioether (sulfide) groups is 1. The largest absolute Gasteiger partial charge is 0.360 e. The Bertz CT molecular complexity index is 680. The van der Waals surface area contributed by atoms with Crippen LogP contribution in [0.2, 0.25) is 0 Å². The number of aromatic nitrogens is 2. The monoisotopic (exact) mass is 333 g/mol. The van der Waals surface area contributed by atoms with Gasteiger partial charge in [0.2, 0.25) is 11.0 Å². The van der Waals surface area contributed by atoms with Crippen molar-refractivity contribution in [3.05, 3.63) is 29.8 Å². The minimum absolute atomic E-state index is 0.140. The fraction of sp³-hybridized carbons (Fsp3) is 0.286. The number of benzene rings is 1. The molecule has 0 atom stereocenters. The Kier molecular flexibility index (Phi) is 6.18. The number of hydrogen-bond donors (Lipinski definition) is 2. The van der Waals surface area contributed by atoms with Crippen molar-refractivity contribution in [1.82, 2.24) is 10.2 Å². The van der Waals surface area contributed by atoms with Crippen molar-refractivity contribution in [1.29, 1.82) is 5.26 Å². The summed E-state index contributed by atoms with van der Waals surface area (Å²) >= 11 is 2.77. The standard InChI is InChI=1S/C14H15N5OS2/c1-2-6-16-13-18-19-14(22-13)21-9-12(20)17-11-5-3-4-10(7-11)8-15/h3-5,7H,2,6,9H2,1H3,(H,16,18)(H,17,20). The molecule has 1 aromatic heterocycles. The molecule has 0 aliphatic carbocycles. The Morgan fingerprint density at radius 3 is 3.09 bits per heavy atom. The summed E-state index contributed by atoms with van der Waals surface area (Å²) in [5, 5.41) is 23.5. The van der Waals surface area contributed by atoms with E-state index in [1.165, 1.54) is 23.1 Å². The van der Waals surface area contributed by atoms with E-state index in [-0.39, 0.29) is 11.7 Å². The molecule has 0 unspecified atom stereocenters. The highest BCUT2D eigenvalue weighted by molar-refractivity contribution is 8.01. The van der Waals surface area contributed by atoms with Crippen molar-refractivity contribution in [3.63, 3.8) is 0 Å². The van der Waals surface area contributed by atoms with Gasteiger partial charge in [-0.2, -0.15) is 5.26 Å². The van der Waals surface area contributed by atoms with Gasteiger partial charge in [-0.25, -0.2) is 0 Å². The van der Waals surface area contributed by atoms with Crippen LogP contribution in [0, 0.1) is 11.3 Å². The summed E-state index contributed by atoms with van der Waals surface area (Å²) in [4.78, 5) is 11.9. The van der Waals surface area contributed by atoms with E-state index in [0.29, 0.717) is 11.3 Å². The van der Waals surface area contributed by atoms with Crippen LogP contribution >= 0.6 is 23.1 Å². The minimum Gasteiger partial charge on any atom is -0.360 e. The smallest absolute Gasteiger partial charge is 0.234 e. The lowest BCUT2D eigenvalue weighted by molar-refractivity contribution is -0.113. The maximum atomic E-state index is 11.9. The van der Waals surface area contributed by atoms with Gasteiger partial charge in [0.05, 0.1) is 17.4 Å². The van der Waals surface area contributed by atoms with Gasteiger partial charge in [-0.3, -0.25) is 4.79 Å². The van der Waals surface area contributed by atoms with Crippen LogP contribution in [-0.2, 0) is 4.79 Å². The van der Waals surface area contributed by atoms with Crippen molar-refractivity contribution in [2.75, 3.05) is 22.9 Å². The fourth-order valence-electron chi connectivity index (χ4n) is 1.56. The Hall–Kier alpha value is -2.11. The maximum Gasteiger partial charge on any atom is 0.234 e. The molecule has 2 aromatic rings. The summed E-state index contributed by atoms with van der Waals surface area (Å²) in [6.45, 7) is 2.93. The molecule has 1 aromatic carbocycles. The normalized spacial score (nSPS) is 10.0. The summed E-state index contributed by atoms with van der Waals surface area (Å²) in [6.07, 6.45) is 1.02. The first-order valence-electron chi connectivity index (χ1n) is 6.71. The van der Waals surface area contributed by atoms with E-state index in [4.69, 9.17) is 5.26 Å². The first-order chi connectivity index (χ1) is 10.7. The van der Waals surface area contributed by atoms with Gasteiger partial charge < -0.3 is 10.6 Å². The zero-order chi connectivity index (χ0) is 15.8. The average molecular weight is 333 g/mol. The zero-order valence-electron chi connectivity index (χ0n) is 12.0. The molecule has 0 fully saturated rings. The number of hydrogen-bond acceptors (Lipinski definition) is 7. The number of anilines is 2. The first kappa shape index (κ1) is 16.3. The van der Waals surface area contributed by atoms with Gasteiger partial charge in [0.25, 0.3) is 0 Å². The van der Waals surface area contributed by atoms with Crippen molar-refractivity contribution in [3.8, 4) is 6.07 Å². The third kappa shape index (κ3) is 5.02. The van der Waals surface area contributed by atoms with Gasteiger partial charge in [0, 0.05) is 12.2 Å². The summed E-state index contributed by atoms with van der Waals surface area (Å²) in [6, 6.07) is 8.85. The molecule has 2 rings (SSSR count). The average Bonchev–Trinajstić information content (AvgIpc) is 2.99.